The molecule has 0 amide bonds. The van der Waals surface area contributed by atoms with E-state index in [0.717, 1.165) is 11.3 Å². The topological polar surface area (TPSA) is 70.3 Å². The average Bonchev–Trinajstić information content (AvgIpc) is 2.28. The SMILES string of the molecule is COCc1nc(N)cc(Oc2cccc(C)c2)n1. The van der Waals surface area contributed by atoms with Crippen LogP contribution >= 0.6 is 0 Å². The van der Waals surface area contributed by atoms with Gasteiger partial charge < -0.3 is 15.2 Å². The molecule has 0 bridgehead atoms. The van der Waals surface area contributed by atoms with E-state index in [2.05, 4.69) is 9.97 Å². The van der Waals surface area contributed by atoms with Crippen molar-refractivity contribution >= 4 is 5.82 Å². The van der Waals surface area contributed by atoms with Crippen molar-refractivity contribution in [1.82, 2.24) is 9.97 Å². The first-order chi connectivity index (χ1) is 8.67. The van der Waals surface area contributed by atoms with Crippen molar-refractivity contribution in [2.75, 3.05) is 12.8 Å². The number of anilines is 1. The van der Waals surface area contributed by atoms with E-state index in [9.17, 15) is 0 Å². The molecular weight excluding hydrogens is 230 g/mol. The van der Waals surface area contributed by atoms with Crippen LogP contribution in [0, 0.1) is 6.92 Å². The molecule has 1 aromatic carbocycles. The number of ether oxygens (including phenoxy) is 2. The lowest BCUT2D eigenvalue weighted by molar-refractivity contribution is 0.177. The van der Waals surface area contributed by atoms with Crippen LogP contribution in [0.3, 0.4) is 0 Å². The van der Waals surface area contributed by atoms with Crippen molar-refractivity contribution in [3.8, 4) is 11.6 Å². The van der Waals surface area contributed by atoms with Gasteiger partial charge in [0.2, 0.25) is 5.88 Å². The lowest BCUT2D eigenvalue weighted by Gasteiger charge is -2.07. The fourth-order valence-electron chi connectivity index (χ4n) is 1.54. The van der Waals surface area contributed by atoms with Gasteiger partial charge in [-0.05, 0) is 24.6 Å². The third-order valence-electron chi connectivity index (χ3n) is 2.25. The van der Waals surface area contributed by atoms with Crippen molar-refractivity contribution in [2.45, 2.75) is 13.5 Å². The Kier molecular flexibility index (Phi) is 3.74. The molecule has 5 heteroatoms. The Morgan fingerprint density at radius 3 is 2.78 bits per heavy atom. The maximum Gasteiger partial charge on any atom is 0.224 e. The highest BCUT2D eigenvalue weighted by Gasteiger charge is 2.05. The van der Waals surface area contributed by atoms with E-state index in [1.54, 1.807) is 13.2 Å². The van der Waals surface area contributed by atoms with E-state index >= 15 is 0 Å². The van der Waals surface area contributed by atoms with Crippen LogP contribution in [0.5, 0.6) is 11.6 Å². The second kappa shape index (κ2) is 5.46. The molecule has 0 aliphatic heterocycles. The van der Waals surface area contributed by atoms with Gasteiger partial charge in [-0.15, -0.1) is 0 Å². The van der Waals surface area contributed by atoms with Gasteiger partial charge in [0, 0.05) is 13.2 Å². The molecule has 94 valence electrons. The summed E-state index contributed by atoms with van der Waals surface area (Å²) in [6, 6.07) is 9.29. The van der Waals surface area contributed by atoms with Crippen molar-refractivity contribution in [3.05, 3.63) is 41.7 Å². The summed E-state index contributed by atoms with van der Waals surface area (Å²) in [6.07, 6.45) is 0. The van der Waals surface area contributed by atoms with E-state index in [1.807, 2.05) is 31.2 Å². The Balaban J connectivity index is 2.23. The molecule has 2 rings (SSSR count). The number of rotatable bonds is 4. The lowest BCUT2D eigenvalue weighted by Crippen LogP contribution is -2.02. The van der Waals surface area contributed by atoms with Crippen LogP contribution in [0.1, 0.15) is 11.4 Å². The molecule has 5 nitrogen and oxygen atoms in total. The van der Waals surface area contributed by atoms with Crippen molar-refractivity contribution in [1.29, 1.82) is 0 Å². The minimum atomic E-state index is 0.301. The summed E-state index contributed by atoms with van der Waals surface area (Å²) in [7, 11) is 1.58. The first-order valence-electron chi connectivity index (χ1n) is 5.54. The van der Waals surface area contributed by atoms with E-state index < -0.39 is 0 Å². The second-order valence-corrected chi connectivity index (χ2v) is 3.90. The maximum absolute atomic E-state index is 5.69. The highest BCUT2D eigenvalue weighted by atomic mass is 16.5. The zero-order valence-corrected chi connectivity index (χ0v) is 10.4. The first kappa shape index (κ1) is 12.3. The third kappa shape index (κ3) is 3.18. The fraction of sp³-hybridized carbons (Fsp3) is 0.231. The number of hydrogen-bond acceptors (Lipinski definition) is 5. The minimum absolute atomic E-state index is 0.301. The van der Waals surface area contributed by atoms with Crippen LogP contribution in [0.4, 0.5) is 5.82 Å². The molecule has 2 N–H and O–H groups in total. The van der Waals surface area contributed by atoms with Gasteiger partial charge in [-0.3, -0.25) is 0 Å². The quantitative estimate of drug-likeness (QED) is 0.895. The monoisotopic (exact) mass is 245 g/mol. The van der Waals surface area contributed by atoms with E-state index in [4.69, 9.17) is 15.2 Å². The Morgan fingerprint density at radius 2 is 2.06 bits per heavy atom. The summed E-state index contributed by atoms with van der Waals surface area (Å²) in [5, 5.41) is 0. The zero-order chi connectivity index (χ0) is 13.0. The molecule has 2 aromatic rings. The lowest BCUT2D eigenvalue weighted by atomic mass is 10.2. The highest BCUT2D eigenvalue weighted by molar-refractivity contribution is 5.36. The van der Waals surface area contributed by atoms with E-state index in [-0.39, 0.29) is 0 Å². The summed E-state index contributed by atoms with van der Waals surface area (Å²) in [5.41, 5.74) is 6.80. The molecule has 0 saturated carbocycles. The smallest absolute Gasteiger partial charge is 0.224 e. The molecule has 0 spiro atoms. The van der Waals surface area contributed by atoms with Gasteiger partial charge in [0.1, 0.15) is 18.2 Å². The standard InChI is InChI=1S/C13H15N3O2/c1-9-4-3-5-10(6-9)18-13-7-11(14)15-12(16-13)8-17-2/h3-7H,8H2,1-2H3,(H2,14,15,16). The summed E-state index contributed by atoms with van der Waals surface area (Å²) < 4.78 is 10.6. The normalized spacial score (nSPS) is 10.3. The van der Waals surface area contributed by atoms with Gasteiger partial charge in [-0.1, -0.05) is 12.1 Å². The van der Waals surface area contributed by atoms with Crippen LogP contribution in [0.2, 0.25) is 0 Å². The van der Waals surface area contributed by atoms with Crippen molar-refractivity contribution in [3.63, 3.8) is 0 Å². The molecule has 0 saturated heterocycles. The van der Waals surface area contributed by atoms with Crippen molar-refractivity contribution in [2.24, 2.45) is 0 Å². The van der Waals surface area contributed by atoms with Crippen molar-refractivity contribution < 1.29 is 9.47 Å². The largest absolute Gasteiger partial charge is 0.439 e. The van der Waals surface area contributed by atoms with Gasteiger partial charge in [-0.25, -0.2) is 4.98 Å². The predicted molar refractivity (Wildman–Crippen MR) is 68.4 cm³/mol. The van der Waals surface area contributed by atoms with Crippen LogP contribution < -0.4 is 10.5 Å². The fourth-order valence-corrected chi connectivity index (χ4v) is 1.54. The Labute approximate surface area is 106 Å². The van der Waals surface area contributed by atoms with Crippen LogP contribution in [-0.4, -0.2) is 17.1 Å². The van der Waals surface area contributed by atoms with E-state index in [0.29, 0.717) is 24.1 Å². The zero-order valence-electron chi connectivity index (χ0n) is 10.4. The molecule has 0 unspecified atom stereocenters. The van der Waals surface area contributed by atoms with Gasteiger partial charge in [0.15, 0.2) is 5.82 Å². The molecule has 0 aliphatic rings. The number of nitrogens with zero attached hydrogens (tertiary/aromatic N) is 2. The van der Waals surface area contributed by atoms with Crippen LogP contribution in [0.25, 0.3) is 0 Å². The second-order valence-electron chi connectivity index (χ2n) is 3.90. The highest BCUT2D eigenvalue weighted by Crippen LogP contribution is 2.21. The molecule has 0 atom stereocenters. The summed E-state index contributed by atoms with van der Waals surface area (Å²) in [6.45, 7) is 2.30. The Bertz CT molecular complexity index is 544. The number of aromatic nitrogens is 2. The maximum atomic E-state index is 5.69. The molecule has 0 aliphatic carbocycles. The number of hydrogen-bond donors (Lipinski definition) is 1. The summed E-state index contributed by atoms with van der Waals surface area (Å²) >= 11 is 0. The summed E-state index contributed by atoms with van der Waals surface area (Å²) in [4.78, 5) is 8.25. The van der Waals surface area contributed by atoms with Crippen LogP contribution in [0.15, 0.2) is 30.3 Å². The number of methoxy groups -OCH3 is 1. The number of aryl methyl sites for hydroxylation is 1. The van der Waals surface area contributed by atoms with Gasteiger partial charge >= 0.3 is 0 Å². The van der Waals surface area contributed by atoms with Gasteiger partial charge in [0.05, 0.1) is 0 Å². The number of nitrogens with two attached hydrogens (primary N) is 1. The molecule has 0 radical (unpaired) electrons. The number of benzene rings is 1. The Morgan fingerprint density at radius 1 is 1.22 bits per heavy atom. The molecule has 1 heterocycles. The molecule has 0 fully saturated rings. The van der Waals surface area contributed by atoms with Gasteiger partial charge in [0.25, 0.3) is 0 Å². The molecule has 1 aromatic heterocycles. The predicted octanol–water partition coefficient (Wildman–Crippen LogP) is 2.31. The third-order valence-corrected chi connectivity index (χ3v) is 2.25. The summed E-state index contributed by atoms with van der Waals surface area (Å²) in [5.74, 6) is 2.00. The van der Waals surface area contributed by atoms with Crippen LogP contribution in [-0.2, 0) is 11.3 Å². The van der Waals surface area contributed by atoms with Gasteiger partial charge in [-0.2, -0.15) is 4.98 Å². The molecule has 18 heavy (non-hydrogen) atoms. The minimum Gasteiger partial charge on any atom is -0.439 e. The number of nitrogen functional groups attached to an aromatic ring is 1. The van der Waals surface area contributed by atoms with E-state index in [1.165, 1.54) is 0 Å². The Hall–Kier alpha value is -2.14. The average molecular weight is 245 g/mol. The molecular formula is C13H15N3O2. The first-order valence-corrected chi connectivity index (χ1v) is 5.54.